The summed E-state index contributed by atoms with van der Waals surface area (Å²) >= 11 is 5.32. The molecule has 0 amide bonds. The largest absolute Gasteiger partial charge is 0.370 e. The average molecular weight is 340 g/mol. The van der Waals surface area contributed by atoms with Crippen LogP contribution in [0, 0.1) is 0 Å². The second kappa shape index (κ2) is 10.7. The first kappa shape index (κ1) is 18.4. The van der Waals surface area contributed by atoms with Crippen LogP contribution < -0.4 is 15.6 Å². The van der Waals surface area contributed by atoms with Crippen molar-refractivity contribution in [3.05, 3.63) is 11.6 Å². The predicted molar refractivity (Wildman–Crippen MR) is 99.0 cm³/mol. The fraction of sp³-hybridized carbons (Fsp3) is 0.765. The summed E-state index contributed by atoms with van der Waals surface area (Å²) in [6.45, 7) is 8.13. The number of allylic oxidation sites excluding steroid dienone is 2. The number of quaternary nitrogens is 1. The third-order valence-electron chi connectivity index (χ3n) is 4.45. The number of unbranched alkanes of at least 4 members (excludes halogenated alkanes) is 2. The van der Waals surface area contributed by atoms with Crippen LogP contribution in [0.25, 0.3) is 0 Å². The highest BCUT2D eigenvalue weighted by atomic mass is 32.1. The summed E-state index contributed by atoms with van der Waals surface area (Å²) in [5, 5.41) is 8.40. The van der Waals surface area contributed by atoms with Crippen molar-refractivity contribution in [2.75, 3.05) is 39.4 Å². The van der Waals surface area contributed by atoms with Crippen LogP contribution in [0.5, 0.6) is 0 Å². The topological polar surface area (TPSA) is 50.1 Å². The third kappa shape index (κ3) is 6.97. The first-order chi connectivity index (χ1) is 11.3. The van der Waals surface area contributed by atoms with Crippen LogP contribution in [0.4, 0.5) is 0 Å². The maximum absolute atomic E-state index is 5.37. The van der Waals surface area contributed by atoms with Crippen molar-refractivity contribution in [1.29, 1.82) is 0 Å². The van der Waals surface area contributed by atoms with Crippen molar-refractivity contribution >= 4 is 23.0 Å². The average Bonchev–Trinajstić information content (AvgIpc) is 3.02. The zero-order chi connectivity index (χ0) is 16.3. The van der Waals surface area contributed by atoms with E-state index in [-0.39, 0.29) is 0 Å². The summed E-state index contributed by atoms with van der Waals surface area (Å²) in [6.07, 6.45) is 9.44. The van der Waals surface area contributed by atoms with E-state index < -0.39 is 0 Å². The molecule has 0 atom stereocenters. The van der Waals surface area contributed by atoms with Gasteiger partial charge in [0.25, 0.3) is 0 Å². The van der Waals surface area contributed by atoms with Crippen LogP contribution in [0.2, 0.25) is 0 Å². The van der Waals surface area contributed by atoms with Crippen molar-refractivity contribution in [1.82, 2.24) is 10.7 Å². The van der Waals surface area contributed by atoms with Gasteiger partial charge in [-0.2, -0.15) is 5.10 Å². The Morgan fingerprint density at radius 1 is 1.35 bits per heavy atom. The molecule has 23 heavy (non-hydrogen) atoms. The first-order valence-electron chi connectivity index (χ1n) is 9.00. The molecule has 1 heterocycles. The number of hydrazone groups is 1. The van der Waals surface area contributed by atoms with Crippen LogP contribution >= 0.6 is 12.2 Å². The van der Waals surface area contributed by atoms with Gasteiger partial charge in [-0.3, -0.25) is 5.43 Å². The predicted octanol–water partition coefficient (Wildman–Crippen LogP) is 1.02. The number of hydrogen-bond donors (Lipinski definition) is 3. The lowest BCUT2D eigenvalue weighted by atomic mass is 10.1. The van der Waals surface area contributed by atoms with Gasteiger partial charge in [-0.05, 0) is 43.5 Å². The van der Waals surface area contributed by atoms with Crippen LogP contribution in [-0.4, -0.2) is 50.2 Å². The number of morpholine rings is 1. The molecule has 0 saturated carbocycles. The summed E-state index contributed by atoms with van der Waals surface area (Å²) in [6, 6.07) is 0. The third-order valence-corrected chi connectivity index (χ3v) is 4.68. The maximum Gasteiger partial charge on any atom is 0.187 e. The zero-order valence-electron chi connectivity index (χ0n) is 14.3. The van der Waals surface area contributed by atoms with E-state index in [2.05, 4.69) is 28.8 Å². The number of hydrogen-bond acceptors (Lipinski definition) is 3. The molecule has 2 rings (SSSR count). The van der Waals surface area contributed by atoms with Gasteiger partial charge in [0.15, 0.2) is 5.11 Å². The summed E-state index contributed by atoms with van der Waals surface area (Å²) in [5.74, 6) is 0. The van der Waals surface area contributed by atoms with E-state index in [1.807, 2.05) is 0 Å². The Kier molecular flexibility index (Phi) is 8.57. The fourth-order valence-corrected chi connectivity index (χ4v) is 3.17. The van der Waals surface area contributed by atoms with E-state index in [0.717, 1.165) is 58.7 Å². The fourth-order valence-electron chi connectivity index (χ4n) is 3.02. The standard InChI is InChI=1S/C17H30N4OS/c1-2-3-4-6-15-7-5-8-16(15)19-20-17(23)18-9-10-21-11-13-22-14-12-21/h7H,2-6,8-14H2,1H3,(H2,18,20,23)/p+1/b19-16-. The summed E-state index contributed by atoms with van der Waals surface area (Å²) < 4.78 is 5.37. The van der Waals surface area contributed by atoms with Crippen molar-refractivity contribution in [3.63, 3.8) is 0 Å². The van der Waals surface area contributed by atoms with Crippen LogP contribution in [0.15, 0.2) is 16.8 Å². The van der Waals surface area contributed by atoms with Gasteiger partial charge >= 0.3 is 0 Å². The molecule has 3 N–H and O–H groups in total. The van der Waals surface area contributed by atoms with Crippen LogP contribution in [-0.2, 0) is 4.74 Å². The summed E-state index contributed by atoms with van der Waals surface area (Å²) in [7, 11) is 0. The molecule has 2 aliphatic rings. The molecule has 0 aromatic rings. The molecule has 0 bridgehead atoms. The number of nitrogens with zero attached hydrogens (tertiary/aromatic N) is 1. The quantitative estimate of drug-likeness (QED) is 0.351. The molecule has 1 fully saturated rings. The number of ether oxygens (including phenoxy) is 1. The molecular weight excluding hydrogens is 308 g/mol. The second-order valence-corrected chi connectivity index (χ2v) is 6.67. The van der Waals surface area contributed by atoms with Gasteiger partial charge in [0, 0.05) is 0 Å². The minimum atomic E-state index is 0.630. The second-order valence-electron chi connectivity index (χ2n) is 6.26. The van der Waals surface area contributed by atoms with Crippen LogP contribution in [0.3, 0.4) is 0 Å². The number of nitrogens with one attached hydrogen (secondary N) is 3. The van der Waals surface area contributed by atoms with Crippen LogP contribution in [0.1, 0.15) is 45.4 Å². The molecule has 0 unspecified atom stereocenters. The molecule has 0 aromatic carbocycles. The molecule has 0 radical (unpaired) electrons. The molecule has 0 aromatic heterocycles. The highest BCUT2D eigenvalue weighted by Crippen LogP contribution is 2.20. The molecule has 6 heteroatoms. The Morgan fingerprint density at radius 2 is 2.17 bits per heavy atom. The molecule has 1 aliphatic heterocycles. The highest BCUT2D eigenvalue weighted by Gasteiger charge is 2.14. The monoisotopic (exact) mass is 339 g/mol. The van der Waals surface area contributed by atoms with E-state index in [1.165, 1.54) is 30.5 Å². The zero-order valence-corrected chi connectivity index (χ0v) is 15.1. The lowest BCUT2D eigenvalue weighted by molar-refractivity contribution is -0.906. The van der Waals surface area contributed by atoms with Gasteiger partial charge in [0.2, 0.25) is 0 Å². The Bertz CT molecular complexity index is 430. The van der Waals surface area contributed by atoms with Crippen molar-refractivity contribution in [3.8, 4) is 0 Å². The maximum atomic E-state index is 5.37. The van der Waals surface area contributed by atoms with E-state index in [4.69, 9.17) is 17.0 Å². The van der Waals surface area contributed by atoms with E-state index in [0.29, 0.717) is 5.11 Å². The van der Waals surface area contributed by atoms with Gasteiger partial charge in [0.05, 0.1) is 32.0 Å². The molecule has 5 nitrogen and oxygen atoms in total. The molecule has 130 valence electrons. The van der Waals surface area contributed by atoms with Gasteiger partial charge < -0.3 is 15.0 Å². The van der Waals surface area contributed by atoms with Crippen molar-refractivity contribution < 1.29 is 9.64 Å². The Balaban J connectivity index is 1.63. The molecule has 1 saturated heterocycles. The highest BCUT2D eigenvalue weighted by molar-refractivity contribution is 7.80. The normalized spacial score (nSPS) is 20.6. The Labute approximate surface area is 145 Å². The first-order valence-corrected chi connectivity index (χ1v) is 9.41. The molecule has 1 aliphatic carbocycles. The number of thiocarbonyl (C=S) groups is 1. The Hall–Kier alpha value is -0.980. The number of rotatable bonds is 8. The molecule has 0 spiro atoms. The van der Waals surface area contributed by atoms with Crippen molar-refractivity contribution in [2.24, 2.45) is 5.10 Å². The van der Waals surface area contributed by atoms with Gasteiger partial charge in [-0.15, -0.1) is 0 Å². The summed E-state index contributed by atoms with van der Waals surface area (Å²) in [4.78, 5) is 1.58. The van der Waals surface area contributed by atoms with E-state index in [1.54, 1.807) is 4.90 Å². The smallest absolute Gasteiger partial charge is 0.187 e. The lowest BCUT2D eigenvalue weighted by Gasteiger charge is -2.23. The van der Waals surface area contributed by atoms with Gasteiger partial charge in [-0.1, -0.05) is 25.8 Å². The molecular formula is C17H31N4OS+. The van der Waals surface area contributed by atoms with Gasteiger partial charge in [0.1, 0.15) is 13.1 Å². The minimum absolute atomic E-state index is 0.630. The SMILES string of the molecule is CCCCCC1=CCC/C1=N/NC(=S)NCC[NH+]1CCOCC1. The minimum Gasteiger partial charge on any atom is -0.370 e. The van der Waals surface area contributed by atoms with E-state index in [9.17, 15) is 0 Å². The lowest BCUT2D eigenvalue weighted by Crippen LogP contribution is -3.14. The van der Waals surface area contributed by atoms with E-state index >= 15 is 0 Å². The van der Waals surface area contributed by atoms with Crippen molar-refractivity contribution in [2.45, 2.75) is 45.4 Å². The van der Waals surface area contributed by atoms with Gasteiger partial charge in [-0.25, -0.2) is 0 Å². The Morgan fingerprint density at radius 3 is 2.96 bits per heavy atom. The summed E-state index contributed by atoms with van der Waals surface area (Å²) in [5.41, 5.74) is 5.61.